The van der Waals surface area contributed by atoms with E-state index in [1.807, 2.05) is 43.3 Å². The molecule has 2 amide bonds. The zero-order chi connectivity index (χ0) is 30.9. The van der Waals surface area contributed by atoms with E-state index < -0.39 is 5.91 Å². The van der Waals surface area contributed by atoms with Gasteiger partial charge in [0, 0.05) is 55.7 Å². The molecule has 43 heavy (non-hydrogen) atoms. The number of nitrogens with zero attached hydrogens (tertiary/aromatic N) is 2. The first-order valence-corrected chi connectivity index (χ1v) is 13.7. The molecule has 0 radical (unpaired) electrons. The van der Waals surface area contributed by atoms with E-state index in [0.29, 0.717) is 34.9 Å². The third kappa shape index (κ3) is 7.63. The van der Waals surface area contributed by atoms with E-state index in [4.69, 9.17) is 16.2 Å². The van der Waals surface area contributed by atoms with Crippen molar-refractivity contribution in [2.45, 2.75) is 12.8 Å². The minimum Gasteiger partial charge on any atom is -0.494 e. The molecular formula is C31H36N8O4. The number of benzene rings is 1. The fourth-order valence-corrected chi connectivity index (χ4v) is 4.41. The van der Waals surface area contributed by atoms with Crippen LogP contribution in [0.25, 0.3) is 16.8 Å². The molecule has 1 aliphatic heterocycles. The van der Waals surface area contributed by atoms with Crippen molar-refractivity contribution in [3.8, 4) is 16.9 Å². The van der Waals surface area contributed by atoms with Crippen LogP contribution in [0, 0.1) is 5.92 Å². The van der Waals surface area contributed by atoms with Gasteiger partial charge in [-0.15, -0.1) is 0 Å². The number of likely N-dealkylation sites (N-methyl/N-ethyl adjacent to an activating group) is 2. The van der Waals surface area contributed by atoms with Crippen molar-refractivity contribution in [2.24, 2.45) is 17.4 Å². The average molecular weight is 585 g/mol. The molecule has 1 aromatic carbocycles. The van der Waals surface area contributed by atoms with Gasteiger partial charge in [0.25, 0.3) is 5.91 Å². The predicted octanol–water partition coefficient (Wildman–Crippen LogP) is 1.56. The van der Waals surface area contributed by atoms with Crippen molar-refractivity contribution in [3.05, 3.63) is 89.4 Å². The van der Waals surface area contributed by atoms with Crippen molar-refractivity contribution in [1.82, 2.24) is 25.8 Å². The monoisotopic (exact) mass is 584 g/mol. The molecule has 0 bridgehead atoms. The molecule has 2 heterocycles. The third-order valence-corrected chi connectivity index (χ3v) is 6.85. The van der Waals surface area contributed by atoms with Crippen LogP contribution in [0.15, 0.2) is 83.7 Å². The number of carbonyl (C=O) groups excluding carboxylic acids is 3. The molecule has 1 saturated carbocycles. The molecule has 0 unspecified atom stereocenters. The zero-order valence-corrected chi connectivity index (χ0v) is 24.4. The number of hydrogen-bond acceptors (Lipinski definition) is 10. The second-order valence-electron chi connectivity index (χ2n) is 10.0. The quantitative estimate of drug-likeness (QED) is 0.122. The number of para-hydroxylation sites is 1. The van der Waals surface area contributed by atoms with Crippen LogP contribution in [0.4, 0.5) is 5.69 Å². The van der Waals surface area contributed by atoms with E-state index in [9.17, 15) is 14.4 Å². The summed E-state index contributed by atoms with van der Waals surface area (Å²) < 4.78 is 5.76. The Morgan fingerprint density at radius 3 is 2.63 bits per heavy atom. The van der Waals surface area contributed by atoms with Gasteiger partial charge in [0.05, 0.1) is 30.7 Å². The predicted molar refractivity (Wildman–Crippen MR) is 165 cm³/mol. The summed E-state index contributed by atoms with van der Waals surface area (Å²) in [5.41, 5.74) is 15.9. The van der Waals surface area contributed by atoms with Crippen molar-refractivity contribution < 1.29 is 19.1 Å². The summed E-state index contributed by atoms with van der Waals surface area (Å²) >= 11 is 0. The second kappa shape index (κ2) is 13.9. The number of hydrogen-bond donors (Lipinski definition) is 6. The Morgan fingerprint density at radius 1 is 1.23 bits per heavy atom. The third-order valence-electron chi connectivity index (χ3n) is 6.85. The first-order valence-electron chi connectivity index (χ1n) is 13.7. The average Bonchev–Trinajstić information content (AvgIpc) is 3.87. The lowest BCUT2D eigenvalue weighted by atomic mass is 10.0. The number of amides is 2. The van der Waals surface area contributed by atoms with E-state index in [2.05, 4.69) is 26.3 Å². The number of aromatic nitrogens is 1. The molecular weight excluding hydrogens is 548 g/mol. The molecule has 1 aromatic heterocycles. The number of anilines is 1. The number of nitrogens with one attached hydrogen (secondary N) is 4. The van der Waals surface area contributed by atoms with Crippen molar-refractivity contribution >= 4 is 29.1 Å². The van der Waals surface area contributed by atoms with Gasteiger partial charge in [0.1, 0.15) is 23.0 Å². The lowest BCUT2D eigenvalue weighted by Gasteiger charge is -2.22. The van der Waals surface area contributed by atoms with E-state index >= 15 is 0 Å². The maximum Gasteiger partial charge on any atom is 0.269 e. The molecule has 2 aliphatic rings. The Labute approximate surface area is 250 Å². The zero-order valence-electron chi connectivity index (χ0n) is 24.4. The smallest absolute Gasteiger partial charge is 0.269 e. The van der Waals surface area contributed by atoms with E-state index in [1.165, 1.54) is 20.2 Å². The molecule has 12 nitrogen and oxygen atoms in total. The fourth-order valence-electron chi connectivity index (χ4n) is 4.41. The number of allylic oxidation sites excluding steroid dienone is 3. The van der Waals surface area contributed by atoms with Gasteiger partial charge < -0.3 is 42.4 Å². The Bertz CT molecular complexity index is 1550. The molecule has 1 fully saturated rings. The van der Waals surface area contributed by atoms with Crippen LogP contribution in [0.1, 0.15) is 18.5 Å². The van der Waals surface area contributed by atoms with Gasteiger partial charge in [-0.05, 0) is 31.1 Å². The van der Waals surface area contributed by atoms with Crippen LogP contribution < -0.4 is 37.5 Å². The molecule has 12 heteroatoms. The fraction of sp³-hybridized carbons (Fsp3) is 0.258. The number of rotatable bonds is 12. The van der Waals surface area contributed by atoms with Crippen molar-refractivity contribution in [2.75, 3.05) is 39.6 Å². The van der Waals surface area contributed by atoms with E-state index in [-0.39, 0.29) is 29.0 Å². The minimum absolute atomic E-state index is 0.0391. The Morgan fingerprint density at radius 2 is 2.02 bits per heavy atom. The Hall–Kier alpha value is -5.48. The summed E-state index contributed by atoms with van der Waals surface area (Å²) in [5, 5.41) is 11.5. The summed E-state index contributed by atoms with van der Waals surface area (Å²) in [7, 11) is 4.78. The van der Waals surface area contributed by atoms with Gasteiger partial charge in [-0.3, -0.25) is 14.6 Å². The molecule has 0 saturated heterocycles. The molecule has 4 rings (SSSR count). The van der Waals surface area contributed by atoms with Gasteiger partial charge in [-0.1, -0.05) is 30.4 Å². The van der Waals surface area contributed by atoms with Gasteiger partial charge >= 0.3 is 0 Å². The summed E-state index contributed by atoms with van der Waals surface area (Å²) in [6.07, 6.45) is 10.6. The van der Waals surface area contributed by atoms with Crippen molar-refractivity contribution in [3.63, 3.8) is 0 Å². The van der Waals surface area contributed by atoms with Crippen LogP contribution in [0.2, 0.25) is 0 Å². The SMILES string of the molecule is CNC(=O)/C(N)=C(/C=C(\N)NC(=O)C1CC1)Nc1cccc(-c2ccc(C(=C=O)N(C)CC3=CC=CCN3)nc2)c1OC. The van der Waals surface area contributed by atoms with Crippen LogP contribution >= 0.6 is 0 Å². The van der Waals surface area contributed by atoms with Crippen LogP contribution in [0.5, 0.6) is 5.75 Å². The Kier molecular flexibility index (Phi) is 9.87. The Balaban J connectivity index is 1.60. The lowest BCUT2D eigenvalue weighted by Crippen LogP contribution is -2.31. The summed E-state index contributed by atoms with van der Waals surface area (Å²) in [5.74, 6) is 1.73. The highest BCUT2D eigenvalue weighted by molar-refractivity contribution is 5.94. The highest BCUT2D eigenvalue weighted by Crippen LogP contribution is 2.37. The van der Waals surface area contributed by atoms with E-state index in [1.54, 1.807) is 29.3 Å². The number of pyridine rings is 1. The minimum atomic E-state index is -0.536. The molecule has 1 aliphatic carbocycles. The van der Waals surface area contributed by atoms with Gasteiger partial charge in [0.2, 0.25) is 5.91 Å². The second-order valence-corrected chi connectivity index (χ2v) is 10.0. The van der Waals surface area contributed by atoms with Gasteiger partial charge in [-0.2, -0.15) is 0 Å². The maximum absolute atomic E-state index is 12.4. The van der Waals surface area contributed by atoms with Crippen LogP contribution in [-0.4, -0.2) is 61.9 Å². The maximum atomic E-state index is 12.4. The highest BCUT2D eigenvalue weighted by atomic mass is 16.5. The van der Waals surface area contributed by atoms with Crippen LogP contribution in [0.3, 0.4) is 0 Å². The molecule has 8 N–H and O–H groups in total. The largest absolute Gasteiger partial charge is 0.494 e. The summed E-state index contributed by atoms with van der Waals surface area (Å²) in [4.78, 5) is 42.8. The standard InChI is InChI=1S/C31H36N8O4/c1-34-31(42)28(33)25(15-27(32)38-30(41)19-10-11-19)37-24-9-6-8-22(29(24)43-3)20-12-13-23(36-16-20)26(18-40)39(2)17-21-7-4-5-14-35-21/h4-9,12-13,15-16,19,35,37H,10-11,14,17,32-33H2,1-3H3,(H,34,42)(H,38,41)/b27-15+,28-25+. The van der Waals surface area contributed by atoms with E-state index in [0.717, 1.165) is 30.6 Å². The molecule has 0 atom stereocenters. The number of ether oxygens (including phenoxy) is 1. The van der Waals surface area contributed by atoms with Gasteiger partial charge in [0.15, 0.2) is 5.94 Å². The topological polar surface area (TPSA) is 177 Å². The number of methoxy groups -OCH3 is 1. The highest BCUT2D eigenvalue weighted by Gasteiger charge is 2.29. The molecule has 0 spiro atoms. The van der Waals surface area contributed by atoms with Crippen molar-refractivity contribution in [1.29, 1.82) is 0 Å². The molecule has 2 aromatic rings. The van der Waals surface area contributed by atoms with Gasteiger partial charge in [-0.25, -0.2) is 4.79 Å². The lowest BCUT2D eigenvalue weighted by molar-refractivity contribution is -0.121. The van der Waals surface area contributed by atoms with Crippen LogP contribution in [-0.2, 0) is 14.4 Å². The first kappa shape index (κ1) is 30.5. The summed E-state index contributed by atoms with van der Waals surface area (Å²) in [6.45, 7) is 1.23. The number of dihydropyridines is 1. The number of carbonyl (C=O) groups is 2. The molecule has 224 valence electrons. The number of nitrogens with two attached hydrogens (primary N) is 2. The normalized spacial score (nSPS) is 14.8. The summed E-state index contributed by atoms with van der Waals surface area (Å²) in [6, 6.07) is 8.97. The first-order chi connectivity index (χ1) is 20.7.